The topological polar surface area (TPSA) is 98.3 Å². The third-order valence-corrected chi connectivity index (χ3v) is 3.17. The first-order chi connectivity index (χ1) is 8.80. The molecule has 3 N–H and O–H groups in total. The molecule has 0 spiro atoms. The molecule has 6 nitrogen and oxygen atoms in total. The van der Waals surface area contributed by atoms with Gasteiger partial charge >= 0.3 is 0 Å². The van der Waals surface area contributed by atoms with E-state index in [0.29, 0.717) is 6.42 Å². The molecular formula is C12H16FN3O3. The van der Waals surface area contributed by atoms with Crippen LogP contribution in [-0.2, 0) is 11.3 Å². The summed E-state index contributed by atoms with van der Waals surface area (Å²) in [4.78, 5) is 21.1. The Kier molecular flexibility index (Phi) is 4.55. The highest BCUT2D eigenvalue weighted by molar-refractivity contribution is 5.84. The van der Waals surface area contributed by atoms with Crippen molar-refractivity contribution in [1.82, 2.24) is 5.32 Å². The zero-order valence-electron chi connectivity index (χ0n) is 10.8. The number of hydrogen-bond acceptors (Lipinski definition) is 4. The lowest BCUT2D eigenvalue weighted by Gasteiger charge is -2.26. The third kappa shape index (κ3) is 3.47. The number of nitrogens with zero attached hydrogens (tertiary/aromatic N) is 1. The number of benzene rings is 1. The summed E-state index contributed by atoms with van der Waals surface area (Å²) in [5.41, 5.74) is 4.26. The van der Waals surface area contributed by atoms with Gasteiger partial charge in [0.15, 0.2) is 0 Å². The number of hydrogen-bond donors (Lipinski definition) is 2. The van der Waals surface area contributed by atoms with E-state index < -0.39 is 22.2 Å². The largest absolute Gasteiger partial charge is 0.368 e. The molecule has 0 aromatic heterocycles. The summed E-state index contributed by atoms with van der Waals surface area (Å²) in [6.45, 7) is 3.47. The van der Waals surface area contributed by atoms with E-state index in [1.165, 1.54) is 12.1 Å². The van der Waals surface area contributed by atoms with Crippen molar-refractivity contribution in [2.45, 2.75) is 32.4 Å². The first-order valence-electron chi connectivity index (χ1n) is 5.78. The van der Waals surface area contributed by atoms with Crippen LogP contribution < -0.4 is 11.1 Å². The Morgan fingerprint density at radius 3 is 2.63 bits per heavy atom. The minimum absolute atomic E-state index is 0.0666. The van der Waals surface area contributed by atoms with Gasteiger partial charge in [-0.15, -0.1) is 0 Å². The van der Waals surface area contributed by atoms with Crippen LogP contribution in [0, 0.1) is 15.9 Å². The standard InChI is InChI=1S/C12H16FN3O3/c1-3-12(2,11(14)17)15-7-8-4-5-9(16(18)19)6-10(8)13/h4-6,15H,3,7H2,1-2H3,(H2,14,17)/t12-/m1/s1. The summed E-state index contributed by atoms with van der Waals surface area (Å²) < 4.78 is 13.6. The molecule has 1 amide bonds. The van der Waals surface area contributed by atoms with Gasteiger partial charge in [-0.25, -0.2) is 4.39 Å². The Morgan fingerprint density at radius 2 is 2.21 bits per heavy atom. The van der Waals surface area contributed by atoms with E-state index in [1.807, 2.05) is 0 Å². The summed E-state index contributed by atoms with van der Waals surface area (Å²) >= 11 is 0. The summed E-state index contributed by atoms with van der Waals surface area (Å²) in [5.74, 6) is -1.22. The van der Waals surface area contributed by atoms with Gasteiger partial charge < -0.3 is 5.73 Å². The molecule has 7 heteroatoms. The van der Waals surface area contributed by atoms with Crippen LogP contribution in [0.1, 0.15) is 25.8 Å². The van der Waals surface area contributed by atoms with Crippen molar-refractivity contribution in [3.8, 4) is 0 Å². The lowest BCUT2D eigenvalue weighted by atomic mass is 9.97. The van der Waals surface area contributed by atoms with Crippen LogP contribution in [-0.4, -0.2) is 16.4 Å². The van der Waals surface area contributed by atoms with Crippen molar-refractivity contribution in [3.05, 3.63) is 39.7 Å². The second-order valence-electron chi connectivity index (χ2n) is 4.44. The SMILES string of the molecule is CC[C@@](C)(NCc1ccc([N+](=O)[O-])cc1F)C(N)=O. The minimum atomic E-state index is -0.936. The van der Waals surface area contributed by atoms with Crippen LogP contribution in [0.2, 0.25) is 0 Å². The molecule has 0 heterocycles. The molecular weight excluding hydrogens is 253 g/mol. The average molecular weight is 269 g/mol. The van der Waals surface area contributed by atoms with Gasteiger partial charge in [-0.2, -0.15) is 0 Å². The number of primary amides is 1. The number of rotatable bonds is 6. The van der Waals surface area contributed by atoms with Crippen LogP contribution in [0.25, 0.3) is 0 Å². The third-order valence-electron chi connectivity index (χ3n) is 3.17. The Hall–Kier alpha value is -2.02. The minimum Gasteiger partial charge on any atom is -0.368 e. The second kappa shape index (κ2) is 5.75. The number of nitrogens with one attached hydrogen (secondary N) is 1. The van der Waals surface area contributed by atoms with Gasteiger partial charge in [0.25, 0.3) is 5.69 Å². The van der Waals surface area contributed by atoms with Gasteiger partial charge in [0.05, 0.1) is 16.5 Å². The molecule has 0 radical (unpaired) electrons. The van der Waals surface area contributed by atoms with E-state index in [9.17, 15) is 19.3 Å². The molecule has 0 saturated carbocycles. The summed E-state index contributed by atoms with van der Waals surface area (Å²) in [5, 5.41) is 13.3. The van der Waals surface area contributed by atoms with E-state index in [0.717, 1.165) is 6.07 Å². The van der Waals surface area contributed by atoms with Crippen LogP contribution in [0.15, 0.2) is 18.2 Å². The molecule has 1 aromatic carbocycles. The maximum atomic E-state index is 13.6. The summed E-state index contributed by atoms with van der Waals surface area (Å²) in [6, 6.07) is 3.38. The number of nitro groups is 1. The van der Waals surface area contributed by atoms with Crippen LogP contribution >= 0.6 is 0 Å². The Balaban J connectivity index is 2.84. The zero-order chi connectivity index (χ0) is 14.6. The fourth-order valence-electron chi connectivity index (χ4n) is 1.47. The molecule has 0 aliphatic carbocycles. The number of nitro benzene ring substituents is 1. The number of amides is 1. The molecule has 1 rings (SSSR count). The molecule has 1 atom stereocenters. The van der Waals surface area contributed by atoms with Gasteiger partial charge in [0, 0.05) is 18.2 Å². The number of non-ortho nitro benzene ring substituents is 1. The smallest absolute Gasteiger partial charge is 0.272 e. The molecule has 0 unspecified atom stereocenters. The van der Waals surface area contributed by atoms with Gasteiger partial charge in [0.1, 0.15) is 5.82 Å². The van der Waals surface area contributed by atoms with E-state index >= 15 is 0 Å². The molecule has 0 bridgehead atoms. The van der Waals surface area contributed by atoms with Gasteiger partial charge in [0.2, 0.25) is 5.91 Å². The molecule has 0 aliphatic heterocycles. The van der Waals surface area contributed by atoms with E-state index in [1.54, 1.807) is 13.8 Å². The maximum Gasteiger partial charge on any atom is 0.272 e. The van der Waals surface area contributed by atoms with E-state index in [4.69, 9.17) is 5.73 Å². The number of carbonyl (C=O) groups is 1. The maximum absolute atomic E-state index is 13.6. The van der Waals surface area contributed by atoms with Crippen molar-refractivity contribution in [2.75, 3.05) is 0 Å². The molecule has 1 aromatic rings. The Labute approximate surface area is 109 Å². The monoisotopic (exact) mass is 269 g/mol. The van der Waals surface area contributed by atoms with Crippen molar-refractivity contribution in [3.63, 3.8) is 0 Å². The molecule has 0 fully saturated rings. The fourth-order valence-corrected chi connectivity index (χ4v) is 1.47. The lowest BCUT2D eigenvalue weighted by Crippen LogP contribution is -2.52. The average Bonchev–Trinajstić information content (AvgIpc) is 2.36. The van der Waals surface area contributed by atoms with Crippen molar-refractivity contribution in [2.24, 2.45) is 5.73 Å². The normalized spacial score (nSPS) is 13.8. The Bertz CT molecular complexity index is 507. The van der Waals surface area contributed by atoms with Crippen molar-refractivity contribution in [1.29, 1.82) is 0 Å². The van der Waals surface area contributed by atoms with Gasteiger partial charge in [-0.3, -0.25) is 20.2 Å². The van der Waals surface area contributed by atoms with Crippen LogP contribution in [0.3, 0.4) is 0 Å². The highest BCUT2D eigenvalue weighted by Gasteiger charge is 2.28. The first kappa shape index (κ1) is 15.0. The van der Waals surface area contributed by atoms with Crippen LogP contribution in [0.4, 0.5) is 10.1 Å². The predicted octanol–water partition coefficient (Wildman–Crippen LogP) is 1.48. The molecule has 104 valence electrons. The van der Waals surface area contributed by atoms with Crippen LogP contribution in [0.5, 0.6) is 0 Å². The quantitative estimate of drug-likeness (QED) is 0.603. The van der Waals surface area contributed by atoms with Crippen molar-refractivity contribution >= 4 is 11.6 Å². The number of halogens is 1. The number of carbonyl (C=O) groups excluding carboxylic acids is 1. The fraction of sp³-hybridized carbons (Fsp3) is 0.417. The van der Waals surface area contributed by atoms with Crippen molar-refractivity contribution < 1.29 is 14.1 Å². The summed E-state index contributed by atoms with van der Waals surface area (Å²) in [6.07, 6.45) is 0.455. The van der Waals surface area contributed by atoms with E-state index in [2.05, 4.69) is 5.32 Å². The first-order valence-corrected chi connectivity index (χ1v) is 5.78. The van der Waals surface area contributed by atoms with Gasteiger partial charge in [-0.05, 0) is 19.4 Å². The van der Waals surface area contributed by atoms with E-state index in [-0.39, 0.29) is 17.8 Å². The van der Waals surface area contributed by atoms with Gasteiger partial charge in [-0.1, -0.05) is 6.92 Å². The zero-order valence-corrected chi connectivity index (χ0v) is 10.8. The second-order valence-corrected chi connectivity index (χ2v) is 4.44. The Morgan fingerprint density at radius 1 is 1.58 bits per heavy atom. The number of nitrogens with two attached hydrogens (primary N) is 1. The highest BCUT2D eigenvalue weighted by Crippen LogP contribution is 2.17. The highest BCUT2D eigenvalue weighted by atomic mass is 19.1. The molecule has 0 saturated heterocycles. The molecule has 0 aliphatic rings. The lowest BCUT2D eigenvalue weighted by molar-refractivity contribution is -0.385. The molecule has 19 heavy (non-hydrogen) atoms. The summed E-state index contributed by atoms with van der Waals surface area (Å²) in [7, 11) is 0. The predicted molar refractivity (Wildman–Crippen MR) is 67.8 cm³/mol.